The van der Waals surface area contributed by atoms with Crippen molar-refractivity contribution < 1.29 is 18.4 Å². The van der Waals surface area contributed by atoms with Gasteiger partial charge in [0.1, 0.15) is 12.2 Å². The number of benzene rings is 1. The van der Waals surface area contributed by atoms with E-state index in [2.05, 4.69) is 36.1 Å². The molecule has 1 saturated carbocycles. The molecule has 3 heterocycles. The number of alkyl halides is 2. The van der Waals surface area contributed by atoms with Crippen molar-refractivity contribution in [1.82, 2.24) is 40.3 Å². The van der Waals surface area contributed by atoms with E-state index < -0.39 is 24.1 Å². The Hall–Kier alpha value is -3.68. The van der Waals surface area contributed by atoms with Crippen LogP contribution in [0.25, 0.3) is 5.82 Å². The number of pyridine rings is 1. The fourth-order valence-electron chi connectivity index (χ4n) is 3.47. The highest BCUT2D eigenvalue weighted by Crippen LogP contribution is 2.32. The van der Waals surface area contributed by atoms with Crippen LogP contribution in [0.15, 0.2) is 36.5 Å². The Morgan fingerprint density at radius 1 is 1.08 bits per heavy atom. The number of carbonyl (C=O) groups is 2. The molecule has 0 radical (unpaired) electrons. The number of anilines is 1. The normalized spacial score (nSPS) is 13.1. The average molecular weight is 583 g/mol. The van der Waals surface area contributed by atoms with E-state index in [4.69, 9.17) is 34.8 Å². The van der Waals surface area contributed by atoms with Gasteiger partial charge in [0.2, 0.25) is 5.82 Å². The van der Waals surface area contributed by atoms with Crippen molar-refractivity contribution >= 4 is 52.3 Å². The molecule has 2 amide bonds. The number of rotatable bonds is 8. The Balaban J connectivity index is 1.51. The first-order chi connectivity index (χ1) is 18.2. The first-order valence-corrected chi connectivity index (χ1v) is 12.2. The van der Waals surface area contributed by atoms with E-state index in [1.165, 1.54) is 29.1 Å². The molecule has 3 aromatic heterocycles. The third kappa shape index (κ3) is 5.59. The van der Waals surface area contributed by atoms with Crippen molar-refractivity contribution in [3.05, 3.63) is 74.4 Å². The summed E-state index contributed by atoms with van der Waals surface area (Å²) in [7, 11) is 0. The lowest BCUT2D eigenvalue weighted by molar-refractivity contribution is 0.0952. The Kier molecular flexibility index (Phi) is 7.23. The minimum Gasteiger partial charge on any atom is -0.349 e. The quantitative estimate of drug-likeness (QED) is 0.316. The molecular formula is C22H16Cl3F2N9O2. The predicted molar refractivity (Wildman–Crippen MR) is 133 cm³/mol. The van der Waals surface area contributed by atoms with E-state index in [0.29, 0.717) is 0 Å². The molecule has 0 aliphatic heterocycles. The lowest BCUT2D eigenvalue weighted by atomic mass is 10.1. The van der Waals surface area contributed by atoms with Gasteiger partial charge in [-0.2, -0.15) is 9.90 Å². The van der Waals surface area contributed by atoms with Gasteiger partial charge in [-0.05, 0) is 48.4 Å². The molecule has 1 fully saturated rings. The molecule has 4 aromatic rings. The van der Waals surface area contributed by atoms with Crippen molar-refractivity contribution in [3.63, 3.8) is 0 Å². The van der Waals surface area contributed by atoms with E-state index >= 15 is 0 Å². The van der Waals surface area contributed by atoms with Gasteiger partial charge in [0.05, 0.1) is 27.0 Å². The van der Waals surface area contributed by atoms with Crippen molar-refractivity contribution in [2.24, 2.45) is 0 Å². The number of halogens is 5. The van der Waals surface area contributed by atoms with Crippen molar-refractivity contribution in [2.45, 2.75) is 31.9 Å². The standard InChI is InChI=1S/C22H16Cl3F2N9O2/c23-10-6-13(21(37)29-11-3-4-11)17(15(25)7-10)30-22(38)16-8-12(9-35-33-19(18(26)27)31-34-35)32-36(16)20-14(24)2-1-5-28-20/h1-2,5-8,11,18H,3-4,9H2,(H,29,37)(H,30,38). The fourth-order valence-corrected chi connectivity index (χ4v) is 4.21. The largest absolute Gasteiger partial charge is 0.349 e. The van der Waals surface area contributed by atoms with Gasteiger partial charge in [-0.15, -0.1) is 10.2 Å². The lowest BCUT2D eigenvalue weighted by Gasteiger charge is -2.14. The molecule has 196 valence electrons. The third-order valence-corrected chi connectivity index (χ3v) is 6.16. The zero-order valence-electron chi connectivity index (χ0n) is 19.1. The summed E-state index contributed by atoms with van der Waals surface area (Å²) >= 11 is 18.8. The first kappa shape index (κ1) is 25.9. The Labute approximate surface area is 228 Å². The highest BCUT2D eigenvalue weighted by molar-refractivity contribution is 6.38. The van der Waals surface area contributed by atoms with Gasteiger partial charge in [0.15, 0.2) is 5.82 Å². The summed E-state index contributed by atoms with van der Waals surface area (Å²) in [5, 5.41) is 20.8. The third-order valence-electron chi connectivity index (χ3n) is 5.35. The van der Waals surface area contributed by atoms with E-state index in [9.17, 15) is 18.4 Å². The van der Waals surface area contributed by atoms with Gasteiger partial charge >= 0.3 is 6.43 Å². The summed E-state index contributed by atoms with van der Waals surface area (Å²) in [5.74, 6) is -1.78. The molecule has 0 saturated heterocycles. The van der Waals surface area contributed by atoms with Gasteiger partial charge in [0.25, 0.3) is 11.8 Å². The molecule has 0 unspecified atom stereocenters. The summed E-state index contributed by atoms with van der Waals surface area (Å²) in [6.07, 6.45) is 0.265. The van der Waals surface area contributed by atoms with Crippen molar-refractivity contribution in [2.75, 3.05) is 5.32 Å². The number of hydrogen-bond donors (Lipinski definition) is 2. The highest BCUT2D eigenvalue weighted by Gasteiger charge is 2.28. The van der Waals surface area contributed by atoms with Crippen LogP contribution in [0.2, 0.25) is 15.1 Å². The van der Waals surface area contributed by atoms with Crippen LogP contribution >= 0.6 is 34.8 Å². The van der Waals surface area contributed by atoms with Crippen LogP contribution in [0.4, 0.5) is 14.5 Å². The van der Waals surface area contributed by atoms with E-state index in [1.54, 1.807) is 12.1 Å². The minimum absolute atomic E-state index is 0.0418. The molecule has 2 N–H and O–H groups in total. The number of tetrazole rings is 1. The van der Waals surface area contributed by atoms with Crippen molar-refractivity contribution in [3.8, 4) is 5.82 Å². The maximum absolute atomic E-state index is 13.5. The molecule has 0 atom stereocenters. The molecule has 16 heteroatoms. The Morgan fingerprint density at radius 3 is 2.55 bits per heavy atom. The van der Waals surface area contributed by atoms with Gasteiger partial charge < -0.3 is 10.6 Å². The Bertz CT molecular complexity index is 1540. The second-order valence-corrected chi connectivity index (χ2v) is 9.48. The van der Waals surface area contributed by atoms with Crippen LogP contribution in [0, 0.1) is 0 Å². The van der Waals surface area contributed by atoms with Crippen LogP contribution in [0.1, 0.15) is 51.6 Å². The number of hydrogen-bond acceptors (Lipinski definition) is 7. The summed E-state index contributed by atoms with van der Waals surface area (Å²) in [4.78, 5) is 31.4. The van der Waals surface area contributed by atoms with Crippen molar-refractivity contribution in [1.29, 1.82) is 0 Å². The maximum atomic E-state index is 13.5. The number of carbonyl (C=O) groups excluding carboxylic acids is 2. The van der Waals surface area contributed by atoms with E-state index in [1.807, 2.05) is 0 Å². The van der Waals surface area contributed by atoms with Gasteiger partial charge in [0, 0.05) is 17.3 Å². The van der Waals surface area contributed by atoms with Crippen LogP contribution in [0.5, 0.6) is 0 Å². The fraction of sp³-hybridized carbons (Fsp3) is 0.227. The zero-order chi connectivity index (χ0) is 27.0. The first-order valence-electron chi connectivity index (χ1n) is 11.1. The smallest absolute Gasteiger partial charge is 0.301 e. The Morgan fingerprint density at radius 2 is 1.87 bits per heavy atom. The second kappa shape index (κ2) is 10.6. The average Bonchev–Trinajstić information content (AvgIpc) is 3.38. The molecule has 5 rings (SSSR count). The molecule has 1 aliphatic carbocycles. The summed E-state index contributed by atoms with van der Waals surface area (Å²) in [5.41, 5.74) is 0.287. The molecule has 38 heavy (non-hydrogen) atoms. The molecule has 0 spiro atoms. The monoisotopic (exact) mass is 581 g/mol. The van der Waals surface area contributed by atoms with Gasteiger partial charge in [-0.1, -0.05) is 34.8 Å². The molecule has 1 aromatic carbocycles. The number of aromatic nitrogens is 7. The van der Waals surface area contributed by atoms with Crippen LogP contribution in [0.3, 0.4) is 0 Å². The molecule has 0 bridgehead atoms. The van der Waals surface area contributed by atoms with Crippen LogP contribution < -0.4 is 10.6 Å². The predicted octanol–water partition coefficient (Wildman–Crippen LogP) is 4.34. The minimum atomic E-state index is -2.90. The number of nitrogens with one attached hydrogen (secondary N) is 2. The van der Waals surface area contributed by atoms with Gasteiger partial charge in [-0.25, -0.2) is 18.4 Å². The molecular weight excluding hydrogens is 567 g/mol. The number of amides is 2. The summed E-state index contributed by atoms with van der Waals surface area (Å²) in [6.45, 7) is -0.186. The van der Waals surface area contributed by atoms with Crippen LogP contribution in [-0.2, 0) is 6.54 Å². The molecule has 1 aliphatic rings. The second-order valence-electron chi connectivity index (χ2n) is 8.23. The topological polar surface area (TPSA) is 133 Å². The summed E-state index contributed by atoms with van der Waals surface area (Å²) < 4.78 is 26.9. The van der Waals surface area contributed by atoms with E-state index in [0.717, 1.165) is 17.6 Å². The molecule has 11 nitrogen and oxygen atoms in total. The van der Waals surface area contributed by atoms with E-state index in [-0.39, 0.29) is 56.1 Å². The summed E-state index contributed by atoms with van der Waals surface area (Å²) in [6, 6.07) is 7.36. The SMILES string of the molecule is O=C(NC1CC1)c1cc(Cl)cc(Cl)c1NC(=O)c1cc(Cn2nnc(C(F)F)n2)nn1-c1ncccc1Cl. The lowest BCUT2D eigenvalue weighted by Crippen LogP contribution is -2.27. The number of nitrogens with zero attached hydrogens (tertiary/aromatic N) is 7. The van der Waals surface area contributed by atoms with Gasteiger partial charge in [-0.3, -0.25) is 9.59 Å². The zero-order valence-corrected chi connectivity index (χ0v) is 21.3. The maximum Gasteiger partial charge on any atom is 0.301 e. The van der Waals surface area contributed by atoms with Crippen LogP contribution in [-0.4, -0.2) is 52.8 Å². The highest BCUT2D eigenvalue weighted by atomic mass is 35.5.